The summed E-state index contributed by atoms with van der Waals surface area (Å²) >= 11 is 5.60. The number of halogens is 1. The predicted octanol–water partition coefficient (Wildman–Crippen LogP) is 1.71. The normalized spacial score (nSPS) is 9.80. The first-order valence-corrected chi connectivity index (χ1v) is 3.55. The molecule has 0 aromatic carbocycles. The third-order valence-corrected chi connectivity index (χ3v) is 1.71. The van der Waals surface area contributed by atoms with Crippen molar-refractivity contribution in [2.75, 3.05) is 5.73 Å². The summed E-state index contributed by atoms with van der Waals surface area (Å²) in [5.41, 5.74) is 8.15. The Kier molecular flexibility index (Phi) is 2.12. The van der Waals surface area contributed by atoms with Gasteiger partial charge in [0.15, 0.2) is 0 Å². The van der Waals surface area contributed by atoms with Crippen molar-refractivity contribution in [1.82, 2.24) is 4.98 Å². The van der Waals surface area contributed by atoms with Crippen molar-refractivity contribution in [3.05, 3.63) is 23.5 Å². The summed E-state index contributed by atoms with van der Waals surface area (Å²) in [4.78, 5) is 4.00. The van der Waals surface area contributed by atoms with E-state index in [2.05, 4.69) is 4.98 Å². The van der Waals surface area contributed by atoms with E-state index in [0.29, 0.717) is 11.6 Å². The van der Waals surface area contributed by atoms with Gasteiger partial charge in [-0.2, -0.15) is 0 Å². The summed E-state index contributed by atoms with van der Waals surface area (Å²) in [7, 11) is 0. The molecule has 0 aliphatic carbocycles. The number of hydrogen-bond acceptors (Lipinski definition) is 2. The number of nitrogen functional groups attached to an aromatic ring is 1. The van der Waals surface area contributed by atoms with Gasteiger partial charge in [-0.05, 0) is 18.6 Å². The number of hydrogen-bond donors (Lipinski definition) is 1. The van der Waals surface area contributed by atoms with Crippen LogP contribution in [0.25, 0.3) is 0 Å². The smallest absolute Gasteiger partial charge is 0.0604 e. The molecule has 1 heterocycles. The lowest BCUT2D eigenvalue weighted by molar-refractivity contribution is 1.18. The van der Waals surface area contributed by atoms with Crippen LogP contribution in [0.1, 0.15) is 11.3 Å². The number of aromatic nitrogens is 1. The molecule has 3 heteroatoms. The quantitative estimate of drug-likeness (QED) is 0.629. The van der Waals surface area contributed by atoms with Gasteiger partial charge in [0, 0.05) is 12.1 Å². The highest BCUT2D eigenvalue weighted by atomic mass is 35.5. The molecule has 0 bridgehead atoms. The van der Waals surface area contributed by atoms with Crippen molar-refractivity contribution in [1.29, 1.82) is 0 Å². The molecule has 0 spiro atoms. The summed E-state index contributed by atoms with van der Waals surface area (Å²) in [5.74, 6) is 0.454. The molecule has 0 radical (unpaired) electrons. The maximum atomic E-state index is 5.65. The molecule has 1 aromatic rings. The van der Waals surface area contributed by atoms with Crippen molar-refractivity contribution < 1.29 is 0 Å². The molecule has 0 saturated heterocycles. The number of anilines is 1. The van der Waals surface area contributed by atoms with Crippen LogP contribution >= 0.6 is 11.6 Å². The molecule has 0 saturated carbocycles. The van der Waals surface area contributed by atoms with E-state index >= 15 is 0 Å². The van der Waals surface area contributed by atoms with Crippen LogP contribution in [0.2, 0.25) is 0 Å². The molecule has 54 valence electrons. The first kappa shape index (κ1) is 7.35. The van der Waals surface area contributed by atoms with Gasteiger partial charge in [0.1, 0.15) is 0 Å². The number of aryl methyl sites for hydroxylation is 1. The summed E-state index contributed by atoms with van der Waals surface area (Å²) in [6.07, 6.45) is 1.71. The first-order chi connectivity index (χ1) is 4.75. The monoisotopic (exact) mass is 156 g/mol. The zero-order valence-electron chi connectivity index (χ0n) is 5.76. The van der Waals surface area contributed by atoms with Gasteiger partial charge < -0.3 is 5.73 Å². The zero-order chi connectivity index (χ0) is 7.56. The number of pyridine rings is 1. The third kappa shape index (κ3) is 1.21. The van der Waals surface area contributed by atoms with Gasteiger partial charge in [-0.15, -0.1) is 11.6 Å². The zero-order valence-corrected chi connectivity index (χ0v) is 6.52. The van der Waals surface area contributed by atoms with E-state index in [9.17, 15) is 0 Å². The molecule has 0 aliphatic rings. The standard InChI is InChI=1S/C7H9ClN2/c1-5-7(9)6(4-8)2-3-10-5/h2-3H,4,9H2,1H3. The van der Waals surface area contributed by atoms with Crippen LogP contribution in [-0.2, 0) is 5.88 Å². The van der Waals surface area contributed by atoms with Crippen LogP contribution < -0.4 is 5.73 Å². The Hall–Kier alpha value is -0.760. The van der Waals surface area contributed by atoms with Crippen molar-refractivity contribution >= 4 is 17.3 Å². The van der Waals surface area contributed by atoms with Gasteiger partial charge in [-0.25, -0.2) is 0 Å². The molecule has 10 heavy (non-hydrogen) atoms. The van der Waals surface area contributed by atoms with Crippen molar-refractivity contribution in [2.24, 2.45) is 0 Å². The molecular weight excluding hydrogens is 148 g/mol. The van der Waals surface area contributed by atoms with Crippen molar-refractivity contribution in [2.45, 2.75) is 12.8 Å². The minimum Gasteiger partial charge on any atom is -0.397 e. The Morgan fingerprint density at radius 3 is 2.90 bits per heavy atom. The number of alkyl halides is 1. The van der Waals surface area contributed by atoms with E-state index in [-0.39, 0.29) is 0 Å². The van der Waals surface area contributed by atoms with E-state index < -0.39 is 0 Å². The largest absolute Gasteiger partial charge is 0.397 e. The van der Waals surface area contributed by atoms with Crippen LogP contribution in [0, 0.1) is 6.92 Å². The summed E-state index contributed by atoms with van der Waals surface area (Å²) in [6, 6.07) is 1.83. The molecule has 1 rings (SSSR count). The highest BCUT2D eigenvalue weighted by Crippen LogP contribution is 2.15. The highest BCUT2D eigenvalue weighted by Gasteiger charge is 1.98. The Bertz CT molecular complexity index is 235. The fraction of sp³-hybridized carbons (Fsp3) is 0.286. The molecule has 0 atom stereocenters. The Morgan fingerprint density at radius 2 is 2.40 bits per heavy atom. The second kappa shape index (κ2) is 2.88. The fourth-order valence-corrected chi connectivity index (χ4v) is 0.980. The highest BCUT2D eigenvalue weighted by molar-refractivity contribution is 6.17. The second-order valence-corrected chi connectivity index (χ2v) is 2.37. The lowest BCUT2D eigenvalue weighted by Gasteiger charge is -2.02. The molecular formula is C7H9ClN2. The van der Waals surface area contributed by atoms with E-state index in [1.165, 1.54) is 0 Å². The second-order valence-electron chi connectivity index (χ2n) is 2.10. The Labute approximate surface area is 65.0 Å². The Balaban J connectivity index is 3.14. The minimum atomic E-state index is 0.454. The molecule has 0 aliphatic heterocycles. The van der Waals surface area contributed by atoms with Crippen LogP contribution in [0.4, 0.5) is 5.69 Å². The summed E-state index contributed by atoms with van der Waals surface area (Å²) in [5, 5.41) is 0. The maximum absolute atomic E-state index is 5.65. The van der Waals surface area contributed by atoms with E-state index in [0.717, 1.165) is 11.3 Å². The predicted molar refractivity (Wildman–Crippen MR) is 42.9 cm³/mol. The van der Waals surface area contributed by atoms with Crippen LogP contribution in [0.15, 0.2) is 12.3 Å². The molecule has 0 fully saturated rings. The van der Waals surface area contributed by atoms with E-state index in [4.69, 9.17) is 17.3 Å². The topological polar surface area (TPSA) is 38.9 Å². The number of rotatable bonds is 1. The van der Waals surface area contributed by atoms with Gasteiger partial charge in [0.2, 0.25) is 0 Å². The average molecular weight is 157 g/mol. The summed E-state index contributed by atoms with van der Waals surface area (Å²) < 4.78 is 0. The molecule has 2 N–H and O–H groups in total. The van der Waals surface area contributed by atoms with Gasteiger partial charge in [-0.3, -0.25) is 4.98 Å². The lowest BCUT2D eigenvalue weighted by Crippen LogP contribution is -1.96. The van der Waals surface area contributed by atoms with Crippen LogP contribution in [0.3, 0.4) is 0 Å². The van der Waals surface area contributed by atoms with Crippen LogP contribution in [-0.4, -0.2) is 4.98 Å². The maximum Gasteiger partial charge on any atom is 0.0604 e. The van der Waals surface area contributed by atoms with E-state index in [1.807, 2.05) is 13.0 Å². The number of nitrogens with two attached hydrogens (primary N) is 1. The molecule has 0 unspecified atom stereocenters. The summed E-state index contributed by atoms with van der Waals surface area (Å²) in [6.45, 7) is 1.87. The minimum absolute atomic E-state index is 0.454. The molecule has 0 amide bonds. The van der Waals surface area contributed by atoms with Crippen LogP contribution in [0.5, 0.6) is 0 Å². The first-order valence-electron chi connectivity index (χ1n) is 3.01. The Morgan fingerprint density at radius 1 is 1.70 bits per heavy atom. The van der Waals surface area contributed by atoms with Crippen molar-refractivity contribution in [3.8, 4) is 0 Å². The van der Waals surface area contributed by atoms with Gasteiger partial charge in [-0.1, -0.05) is 0 Å². The van der Waals surface area contributed by atoms with Gasteiger partial charge in [0.05, 0.1) is 11.4 Å². The lowest BCUT2D eigenvalue weighted by atomic mass is 10.2. The van der Waals surface area contributed by atoms with E-state index in [1.54, 1.807) is 6.20 Å². The third-order valence-electron chi connectivity index (χ3n) is 1.42. The fourth-order valence-electron chi connectivity index (χ4n) is 0.747. The van der Waals surface area contributed by atoms with Gasteiger partial charge >= 0.3 is 0 Å². The van der Waals surface area contributed by atoms with Gasteiger partial charge in [0.25, 0.3) is 0 Å². The molecule has 1 aromatic heterocycles. The molecule has 2 nitrogen and oxygen atoms in total. The SMILES string of the molecule is Cc1nccc(CCl)c1N. The average Bonchev–Trinajstić information content (AvgIpc) is 1.95. The van der Waals surface area contributed by atoms with Crippen molar-refractivity contribution in [3.63, 3.8) is 0 Å². The number of nitrogens with zero attached hydrogens (tertiary/aromatic N) is 1.